The van der Waals surface area contributed by atoms with Crippen molar-refractivity contribution in [1.82, 2.24) is 4.98 Å². The fourth-order valence-electron chi connectivity index (χ4n) is 2.53. The smallest absolute Gasteiger partial charge is 0.0702 e. The van der Waals surface area contributed by atoms with Crippen LogP contribution in [-0.2, 0) is 0 Å². The van der Waals surface area contributed by atoms with Crippen LogP contribution < -0.4 is 5.73 Å². The standard InChI is InChI=1S/C15H18N2S/c16-15(14-7-3-4-8-18-14)12-9-11-5-1-2-6-13(11)17-10-12/h1-2,5-6,9-10,14-15H,3-4,7-8,16H2. The first kappa shape index (κ1) is 12.0. The van der Waals surface area contributed by atoms with Crippen LogP contribution in [0.3, 0.4) is 0 Å². The molecule has 2 aromatic rings. The zero-order chi connectivity index (χ0) is 12.4. The van der Waals surface area contributed by atoms with Gasteiger partial charge in [0.1, 0.15) is 0 Å². The number of benzene rings is 1. The Morgan fingerprint density at radius 2 is 2.17 bits per heavy atom. The largest absolute Gasteiger partial charge is 0.323 e. The van der Waals surface area contributed by atoms with Crippen molar-refractivity contribution in [3.05, 3.63) is 42.1 Å². The molecule has 1 aliphatic rings. The molecule has 0 saturated carbocycles. The van der Waals surface area contributed by atoms with Gasteiger partial charge in [0.2, 0.25) is 0 Å². The molecule has 94 valence electrons. The van der Waals surface area contributed by atoms with Crippen molar-refractivity contribution in [3.8, 4) is 0 Å². The van der Waals surface area contributed by atoms with E-state index in [0.717, 1.165) is 5.52 Å². The van der Waals surface area contributed by atoms with Crippen LogP contribution >= 0.6 is 11.8 Å². The van der Waals surface area contributed by atoms with E-state index in [2.05, 4.69) is 23.2 Å². The maximum absolute atomic E-state index is 6.40. The summed E-state index contributed by atoms with van der Waals surface area (Å²) in [6.45, 7) is 0. The first-order chi connectivity index (χ1) is 8.84. The zero-order valence-electron chi connectivity index (χ0n) is 10.4. The molecule has 0 bridgehead atoms. The van der Waals surface area contributed by atoms with Crippen LogP contribution in [0.2, 0.25) is 0 Å². The van der Waals surface area contributed by atoms with Crippen LogP contribution in [0.1, 0.15) is 30.9 Å². The number of thioether (sulfide) groups is 1. The molecule has 1 aromatic heterocycles. The number of nitrogens with two attached hydrogens (primary N) is 1. The lowest BCUT2D eigenvalue weighted by Gasteiger charge is -2.27. The van der Waals surface area contributed by atoms with Crippen LogP contribution in [-0.4, -0.2) is 16.0 Å². The minimum atomic E-state index is 0.118. The second kappa shape index (κ2) is 5.29. The van der Waals surface area contributed by atoms with E-state index in [-0.39, 0.29) is 6.04 Å². The van der Waals surface area contributed by atoms with Gasteiger partial charge in [-0.1, -0.05) is 24.6 Å². The van der Waals surface area contributed by atoms with E-state index in [1.165, 1.54) is 36.0 Å². The van der Waals surface area contributed by atoms with Crippen LogP contribution in [0.15, 0.2) is 36.5 Å². The summed E-state index contributed by atoms with van der Waals surface area (Å²) >= 11 is 2.02. The van der Waals surface area contributed by atoms with Crippen molar-refractivity contribution in [2.45, 2.75) is 30.6 Å². The highest BCUT2D eigenvalue weighted by atomic mass is 32.2. The molecule has 0 amide bonds. The van der Waals surface area contributed by atoms with Gasteiger partial charge in [0.15, 0.2) is 0 Å². The van der Waals surface area contributed by atoms with Crippen LogP contribution in [0, 0.1) is 0 Å². The summed E-state index contributed by atoms with van der Waals surface area (Å²) in [7, 11) is 0. The predicted molar refractivity (Wildman–Crippen MR) is 78.8 cm³/mol. The number of para-hydroxylation sites is 1. The number of hydrogen-bond acceptors (Lipinski definition) is 3. The Kier molecular flexibility index (Phi) is 3.52. The van der Waals surface area contributed by atoms with Gasteiger partial charge < -0.3 is 5.73 Å². The molecule has 3 heteroatoms. The van der Waals surface area contributed by atoms with Crippen molar-refractivity contribution in [1.29, 1.82) is 0 Å². The molecule has 2 atom stereocenters. The Morgan fingerprint density at radius 1 is 1.28 bits per heavy atom. The molecule has 1 aliphatic heterocycles. The molecule has 0 spiro atoms. The van der Waals surface area contributed by atoms with E-state index in [1.807, 2.05) is 30.1 Å². The molecule has 2 N–H and O–H groups in total. The summed E-state index contributed by atoms with van der Waals surface area (Å²) < 4.78 is 0. The molecule has 2 heterocycles. The Bertz CT molecular complexity index is 535. The van der Waals surface area contributed by atoms with Crippen molar-refractivity contribution in [3.63, 3.8) is 0 Å². The Hall–Kier alpha value is -1.06. The maximum atomic E-state index is 6.40. The second-order valence-electron chi connectivity index (χ2n) is 4.89. The topological polar surface area (TPSA) is 38.9 Å². The molecular formula is C15H18N2S. The fraction of sp³-hybridized carbons (Fsp3) is 0.400. The monoisotopic (exact) mass is 258 g/mol. The molecule has 0 radical (unpaired) electrons. The lowest BCUT2D eigenvalue weighted by Crippen LogP contribution is -2.26. The molecule has 1 saturated heterocycles. The SMILES string of the molecule is NC(c1cnc2ccccc2c1)C1CCCCS1. The molecular weight excluding hydrogens is 240 g/mol. The van der Waals surface area contributed by atoms with E-state index >= 15 is 0 Å². The highest BCUT2D eigenvalue weighted by Gasteiger charge is 2.22. The molecule has 0 aliphatic carbocycles. The first-order valence-corrected chi connectivity index (χ1v) is 7.61. The third-order valence-corrected chi connectivity index (χ3v) is 5.09. The van der Waals surface area contributed by atoms with Crippen molar-refractivity contribution in [2.75, 3.05) is 5.75 Å². The Labute approximate surface area is 112 Å². The summed E-state index contributed by atoms with van der Waals surface area (Å²) in [5.74, 6) is 1.25. The molecule has 2 unspecified atom stereocenters. The summed E-state index contributed by atoms with van der Waals surface area (Å²) in [4.78, 5) is 4.51. The molecule has 1 aromatic carbocycles. The van der Waals surface area contributed by atoms with Crippen LogP contribution in [0.5, 0.6) is 0 Å². The average Bonchev–Trinajstić information content (AvgIpc) is 2.47. The van der Waals surface area contributed by atoms with Gasteiger partial charge in [-0.3, -0.25) is 4.98 Å². The lowest BCUT2D eigenvalue weighted by atomic mass is 10.0. The van der Waals surface area contributed by atoms with Gasteiger partial charge in [0.25, 0.3) is 0 Å². The third-order valence-electron chi connectivity index (χ3n) is 3.61. The molecule has 2 nitrogen and oxygen atoms in total. The van der Waals surface area contributed by atoms with Gasteiger partial charge in [-0.05, 0) is 36.3 Å². The normalized spacial score (nSPS) is 21.9. The number of nitrogens with zero attached hydrogens (tertiary/aromatic N) is 1. The lowest BCUT2D eigenvalue weighted by molar-refractivity contribution is 0.581. The summed E-state index contributed by atoms with van der Waals surface area (Å²) in [5.41, 5.74) is 8.62. The summed E-state index contributed by atoms with van der Waals surface area (Å²) in [5, 5.41) is 1.74. The maximum Gasteiger partial charge on any atom is 0.0702 e. The number of aromatic nitrogens is 1. The highest BCUT2D eigenvalue weighted by molar-refractivity contribution is 8.00. The van der Waals surface area contributed by atoms with Gasteiger partial charge in [-0.25, -0.2) is 0 Å². The van der Waals surface area contributed by atoms with Crippen molar-refractivity contribution >= 4 is 22.7 Å². The number of rotatable bonds is 2. The predicted octanol–water partition coefficient (Wildman–Crippen LogP) is 3.52. The summed E-state index contributed by atoms with van der Waals surface area (Å²) in [6.07, 6.45) is 5.83. The minimum absolute atomic E-state index is 0.118. The van der Waals surface area contributed by atoms with E-state index in [4.69, 9.17) is 5.73 Å². The molecule has 3 rings (SSSR count). The van der Waals surface area contributed by atoms with E-state index in [1.54, 1.807) is 0 Å². The first-order valence-electron chi connectivity index (χ1n) is 6.56. The van der Waals surface area contributed by atoms with Gasteiger partial charge in [-0.2, -0.15) is 11.8 Å². The van der Waals surface area contributed by atoms with E-state index in [0.29, 0.717) is 5.25 Å². The Morgan fingerprint density at radius 3 is 3.00 bits per heavy atom. The van der Waals surface area contributed by atoms with E-state index in [9.17, 15) is 0 Å². The highest BCUT2D eigenvalue weighted by Crippen LogP contribution is 2.33. The molecule has 18 heavy (non-hydrogen) atoms. The second-order valence-corrected chi connectivity index (χ2v) is 6.24. The number of pyridine rings is 1. The van der Waals surface area contributed by atoms with Gasteiger partial charge in [-0.15, -0.1) is 0 Å². The average molecular weight is 258 g/mol. The van der Waals surface area contributed by atoms with Gasteiger partial charge >= 0.3 is 0 Å². The Balaban J connectivity index is 1.88. The minimum Gasteiger partial charge on any atom is -0.323 e. The number of hydrogen-bond donors (Lipinski definition) is 1. The molecule has 1 fully saturated rings. The van der Waals surface area contributed by atoms with Crippen LogP contribution in [0.25, 0.3) is 10.9 Å². The summed E-state index contributed by atoms with van der Waals surface area (Å²) in [6, 6.07) is 10.5. The fourth-order valence-corrected chi connectivity index (χ4v) is 3.91. The number of fused-ring (bicyclic) bond motifs is 1. The van der Waals surface area contributed by atoms with E-state index < -0.39 is 0 Å². The van der Waals surface area contributed by atoms with Crippen molar-refractivity contribution in [2.24, 2.45) is 5.73 Å². The van der Waals surface area contributed by atoms with Gasteiger partial charge in [0, 0.05) is 22.9 Å². The van der Waals surface area contributed by atoms with Gasteiger partial charge in [0.05, 0.1) is 5.52 Å². The van der Waals surface area contributed by atoms with Crippen molar-refractivity contribution < 1.29 is 0 Å². The quantitative estimate of drug-likeness (QED) is 0.895. The zero-order valence-corrected chi connectivity index (χ0v) is 11.2. The van der Waals surface area contributed by atoms with Crippen LogP contribution in [0.4, 0.5) is 0 Å². The third kappa shape index (κ3) is 2.38.